The maximum Gasteiger partial charge on any atom is 0.227 e. The minimum atomic E-state index is -0.114. The van der Waals surface area contributed by atoms with Crippen LogP contribution in [0.15, 0.2) is 4.34 Å². The molecule has 0 aliphatic heterocycles. The lowest BCUT2D eigenvalue weighted by Gasteiger charge is -1.96. The van der Waals surface area contributed by atoms with Gasteiger partial charge in [-0.25, -0.2) is 0 Å². The van der Waals surface area contributed by atoms with Crippen LogP contribution < -0.4 is 11.1 Å². The van der Waals surface area contributed by atoms with Crippen LogP contribution in [0.25, 0.3) is 0 Å². The Morgan fingerprint density at radius 3 is 2.93 bits per heavy atom. The van der Waals surface area contributed by atoms with Crippen molar-refractivity contribution in [2.45, 2.75) is 17.7 Å². The van der Waals surface area contributed by atoms with Gasteiger partial charge in [0.25, 0.3) is 0 Å². The lowest BCUT2D eigenvalue weighted by molar-refractivity contribution is -0.116. The molecule has 15 heavy (non-hydrogen) atoms. The summed E-state index contributed by atoms with van der Waals surface area (Å²) in [6, 6.07) is 0. The summed E-state index contributed by atoms with van der Waals surface area (Å²) in [5.41, 5.74) is 5.24. The normalized spacial score (nSPS) is 9.47. The lowest BCUT2D eigenvalue weighted by Crippen LogP contribution is -2.15. The average Bonchev–Trinajstić information content (AvgIpc) is 2.53. The number of rotatable bonds is 5. The monoisotopic (exact) mass is 268 g/mol. The molecule has 0 atom stereocenters. The van der Waals surface area contributed by atoms with E-state index >= 15 is 0 Å². The van der Waals surface area contributed by atoms with Crippen LogP contribution >= 0.6 is 35.5 Å². The van der Waals surface area contributed by atoms with Crippen molar-refractivity contribution >= 4 is 46.5 Å². The number of hydrogen-bond donors (Lipinski definition) is 2. The molecule has 5 nitrogen and oxygen atoms in total. The summed E-state index contributed by atoms with van der Waals surface area (Å²) >= 11 is 2.99. The second-order valence-corrected chi connectivity index (χ2v) is 4.88. The van der Waals surface area contributed by atoms with Crippen molar-refractivity contribution in [3.63, 3.8) is 0 Å². The molecule has 1 aromatic heterocycles. The van der Waals surface area contributed by atoms with Gasteiger partial charge in [0.05, 0.1) is 0 Å². The van der Waals surface area contributed by atoms with Crippen LogP contribution in [0.1, 0.15) is 13.3 Å². The third kappa shape index (κ3) is 5.31. The van der Waals surface area contributed by atoms with Crippen molar-refractivity contribution in [1.82, 2.24) is 10.2 Å². The number of nitrogens with one attached hydrogen (secondary N) is 1. The highest BCUT2D eigenvalue weighted by Crippen LogP contribution is 2.24. The Kier molecular flexibility index (Phi) is 7.67. The first kappa shape index (κ1) is 14.6. The van der Waals surface area contributed by atoms with Gasteiger partial charge in [0.15, 0.2) is 4.34 Å². The highest BCUT2D eigenvalue weighted by Gasteiger charge is 2.06. The molecule has 0 bridgehead atoms. The molecule has 1 amide bonds. The summed E-state index contributed by atoms with van der Waals surface area (Å²) in [7, 11) is 0. The third-order valence-electron chi connectivity index (χ3n) is 1.29. The van der Waals surface area contributed by atoms with Crippen molar-refractivity contribution in [3.05, 3.63) is 0 Å². The zero-order valence-electron chi connectivity index (χ0n) is 8.23. The molecule has 0 saturated heterocycles. The molecule has 1 rings (SSSR count). The van der Waals surface area contributed by atoms with Crippen LogP contribution in [0, 0.1) is 0 Å². The Labute approximate surface area is 103 Å². The van der Waals surface area contributed by atoms with Gasteiger partial charge in [-0.2, -0.15) is 0 Å². The molecule has 0 radical (unpaired) electrons. The van der Waals surface area contributed by atoms with Gasteiger partial charge in [0, 0.05) is 13.0 Å². The molecule has 0 unspecified atom stereocenters. The van der Waals surface area contributed by atoms with E-state index in [0.29, 0.717) is 18.1 Å². The standard InChI is InChI=1S/C7H12N4OS2.ClH/c1-2-13-7-11-10-6(14-7)9-5(12)3-4-8;/h2-4,8H2,1H3,(H,9,10,12);1H. The second kappa shape index (κ2) is 7.86. The number of carbonyl (C=O) groups is 1. The van der Waals surface area contributed by atoms with E-state index in [2.05, 4.69) is 15.5 Å². The molecule has 1 aromatic rings. The molecule has 0 aromatic carbocycles. The number of anilines is 1. The van der Waals surface area contributed by atoms with Crippen molar-refractivity contribution in [3.8, 4) is 0 Å². The zero-order chi connectivity index (χ0) is 10.4. The van der Waals surface area contributed by atoms with E-state index in [1.165, 1.54) is 11.3 Å². The molecular formula is C7H13ClN4OS2. The van der Waals surface area contributed by atoms with Gasteiger partial charge in [-0.3, -0.25) is 4.79 Å². The van der Waals surface area contributed by atoms with Gasteiger partial charge in [0.2, 0.25) is 11.0 Å². The molecule has 0 saturated carbocycles. The van der Waals surface area contributed by atoms with Gasteiger partial charge >= 0.3 is 0 Å². The minimum Gasteiger partial charge on any atom is -0.330 e. The fourth-order valence-corrected chi connectivity index (χ4v) is 2.42. The summed E-state index contributed by atoms with van der Waals surface area (Å²) < 4.78 is 0.871. The fourth-order valence-electron chi connectivity index (χ4n) is 0.755. The highest BCUT2D eigenvalue weighted by atomic mass is 35.5. The Bertz CT molecular complexity index is 307. The first-order valence-electron chi connectivity index (χ1n) is 4.22. The van der Waals surface area contributed by atoms with E-state index in [0.717, 1.165) is 10.1 Å². The molecular weight excluding hydrogens is 256 g/mol. The third-order valence-corrected chi connectivity index (χ3v) is 3.15. The molecule has 0 aliphatic rings. The Balaban J connectivity index is 0.00000196. The number of thioether (sulfide) groups is 1. The van der Waals surface area contributed by atoms with E-state index in [4.69, 9.17) is 5.73 Å². The van der Waals surface area contributed by atoms with Crippen LogP contribution in [0.2, 0.25) is 0 Å². The minimum absolute atomic E-state index is 0. The maximum atomic E-state index is 11.1. The van der Waals surface area contributed by atoms with Crippen molar-refractivity contribution in [1.29, 1.82) is 0 Å². The Morgan fingerprint density at radius 1 is 1.60 bits per heavy atom. The van der Waals surface area contributed by atoms with E-state index < -0.39 is 0 Å². The van der Waals surface area contributed by atoms with E-state index in [9.17, 15) is 4.79 Å². The number of hydrogen-bond acceptors (Lipinski definition) is 6. The van der Waals surface area contributed by atoms with Gasteiger partial charge in [0.1, 0.15) is 0 Å². The quantitative estimate of drug-likeness (QED) is 0.623. The van der Waals surface area contributed by atoms with Gasteiger partial charge < -0.3 is 11.1 Å². The number of carbonyl (C=O) groups excluding carboxylic acids is 1. The Hall–Kier alpha value is -0.370. The predicted molar refractivity (Wildman–Crippen MR) is 65.9 cm³/mol. The maximum absolute atomic E-state index is 11.1. The van der Waals surface area contributed by atoms with Crippen molar-refractivity contribution < 1.29 is 4.79 Å². The van der Waals surface area contributed by atoms with Crippen LogP contribution in [-0.4, -0.2) is 28.4 Å². The molecule has 0 aliphatic carbocycles. The zero-order valence-corrected chi connectivity index (χ0v) is 10.7. The summed E-state index contributed by atoms with van der Waals surface area (Å²) in [5, 5.41) is 10.9. The summed E-state index contributed by atoms with van der Waals surface area (Å²) in [4.78, 5) is 11.1. The number of nitrogens with two attached hydrogens (primary N) is 1. The number of amides is 1. The van der Waals surface area contributed by atoms with E-state index in [1.54, 1.807) is 11.8 Å². The van der Waals surface area contributed by atoms with E-state index in [1.807, 2.05) is 6.92 Å². The van der Waals surface area contributed by atoms with Gasteiger partial charge in [-0.1, -0.05) is 30.0 Å². The number of halogens is 1. The second-order valence-electron chi connectivity index (χ2n) is 2.39. The van der Waals surface area contributed by atoms with Gasteiger partial charge in [-0.05, 0) is 5.75 Å². The molecule has 0 fully saturated rings. The molecule has 8 heteroatoms. The van der Waals surface area contributed by atoms with Crippen molar-refractivity contribution in [2.75, 3.05) is 17.6 Å². The largest absolute Gasteiger partial charge is 0.330 e. The summed E-state index contributed by atoms with van der Waals surface area (Å²) in [6.45, 7) is 2.39. The number of nitrogens with zero attached hydrogens (tertiary/aromatic N) is 2. The van der Waals surface area contributed by atoms with Crippen molar-refractivity contribution in [2.24, 2.45) is 5.73 Å². The van der Waals surface area contributed by atoms with Crippen LogP contribution in [0.4, 0.5) is 5.13 Å². The Morgan fingerprint density at radius 2 is 2.33 bits per heavy atom. The van der Waals surface area contributed by atoms with Gasteiger partial charge in [-0.15, -0.1) is 22.6 Å². The first-order chi connectivity index (χ1) is 6.76. The fraction of sp³-hybridized carbons (Fsp3) is 0.571. The SMILES string of the molecule is CCSc1nnc(NC(=O)CCN)s1.Cl. The van der Waals surface area contributed by atoms with Crippen LogP contribution in [0.5, 0.6) is 0 Å². The summed E-state index contributed by atoms with van der Waals surface area (Å²) in [5.74, 6) is 0.836. The molecule has 3 N–H and O–H groups in total. The summed E-state index contributed by atoms with van der Waals surface area (Å²) in [6.07, 6.45) is 0.315. The van der Waals surface area contributed by atoms with Crippen LogP contribution in [-0.2, 0) is 4.79 Å². The molecule has 86 valence electrons. The van der Waals surface area contributed by atoms with E-state index in [-0.39, 0.29) is 18.3 Å². The molecule has 0 spiro atoms. The smallest absolute Gasteiger partial charge is 0.227 e. The van der Waals surface area contributed by atoms with Crippen LogP contribution in [0.3, 0.4) is 0 Å². The molecule has 1 heterocycles. The topological polar surface area (TPSA) is 80.9 Å². The number of aromatic nitrogens is 2. The predicted octanol–water partition coefficient (Wildman–Crippen LogP) is 1.36. The first-order valence-corrected chi connectivity index (χ1v) is 6.02. The lowest BCUT2D eigenvalue weighted by atomic mass is 10.4. The highest BCUT2D eigenvalue weighted by molar-refractivity contribution is 8.01. The average molecular weight is 269 g/mol.